The Balaban J connectivity index is 2.45. The number of halogens is 3. The summed E-state index contributed by atoms with van der Waals surface area (Å²) >= 11 is -0.560. The summed E-state index contributed by atoms with van der Waals surface area (Å²) in [5, 5.41) is 0. The summed E-state index contributed by atoms with van der Waals surface area (Å²) in [5.74, 6) is -0.220. The van der Waals surface area contributed by atoms with Gasteiger partial charge in [-0.3, -0.25) is 4.79 Å². The first-order valence-corrected chi connectivity index (χ1v) is 5.73. The van der Waals surface area contributed by atoms with Gasteiger partial charge in [-0.1, -0.05) is 12.1 Å². The van der Waals surface area contributed by atoms with E-state index < -0.39 is 17.6 Å². The summed E-state index contributed by atoms with van der Waals surface area (Å²) in [6.45, 7) is 0. The van der Waals surface area contributed by atoms with E-state index in [1.807, 2.05) is 0 Å². The molecule has 100 valence electrons. The molecule has 0 heterocycles. The molecule has 0 atom stereocenters. The number of rotatable bonds is 5. The molecule has 0 saturated carbocycles. The highest BCUT2D eigenvalue weighted by Crippen LogP contribution is 2.32. The summed E-state index contributed by atoms with van der Waals surface area (Å²) in [4.78, 5) is 10.9. The fraction of sp³-hybridized carbons (Fsp3) is 0.364. The van der Waals surface area contributed by atoms with Crippen LogP contribution in [0, 0.1) is 0 Å². The van der Waals surface area contributed by atoms with Crippen LogP contribution in [0.1, 0.15) is 12.0 Å². The number of carbonyl (C=O) groups excluding carboxylic acids is 1. The molecule has 0 fully saturated rings. The molecule has 0 saturated heterocycles. The van der Waals surface area contributed by atoms with Crippen molar-refractivity contribution in [2.24, 2.45) is 0 Å². The van der Waals surface area contributed by atoms with Gasteiger partial charge in [-0.2, -0.15) is 13.2 Å². The fourth-order valence-electron chi connectivity index (χ4n) is 1.16. The Morgan fingerprint density at radius 3 is 2.39 bits per heavy atom. The van der Waals surface area contributed by atoms with E-state index in [9.17, 15) is 18.0 Å². The molecule has 1 rings (SSSR count). The maximum absolute atomic E-state index is 11.9. The van der Waals surface area contributed by atoms with Crippen molar-refractivity contribution in [1.29, 1.82) is 0 Å². The molecule has 0 spiro atoms. The van der Waals surface area contributed by atoms with Gasteiger partial charge in [-0.25, -0.2) is 0 Å². The van der Waals surface area contributed by atoms with Crippen LogP contribution in [0.15, 0.2) is 24.3 Å². The van der Waals surface area contributed by atoms with Gasteiger partial charge < -0.3 is 8.92 Å². The highest BCUT2D eigenvalue weighted by Gasteiger charge is 2.31. The van der Waals surface area contributed by atoms with Crippen molar-refractivity contribution in [1.82, 2.24) is 0 Å². The predicted octanol–water partition coefficient (Wildman–Crippen LogP) is 3.34. The summed E-state index contributed by atoms with van der Waals surface area (Å²) < 4.78 is 44.5. The molecular formula is C11H11F3O3S. The zero-order chi connectivity index (χ0) is 13.6. The van der Waals surface area contributed by atoms with Crippen LogP contribution in [0.2, 0.25) is 0 Å². The van der Waals surface area contributed by atoms with Crippen LogP contribution in [0.25, 0.3) is 0 Å². The molecule has 0 N–H and O–H groups in total. The molecule has 0 aromatic heterocycles. The van der Waals surface area contributed by atoms with Crippen molar-refractivity contribution in [2.45, 2.75) is 18.3 Å². The molecule has 0 bridgehead atoms. The fourth-order valence-corrected chi connectivity index (χ4v) is 1.46. The zero-order valence-corrected chi connectivity index (χ0v) is 10.3. The number of methoxy groups -OCH3 is 1. The first-order valence-electron chi connectivity index (χ1n) is 4.99. The number of ether oxygens (including phenoxy) is 1. The van der Waals surface area contributed by atoms with Crippen LogP contribution < -0.4 is 4.18 Å². The number of alkyl halides is 3. The number of hydrogen-bond donors (Lipinski definition) is 0. The second kappa shape index (κ2) is 6.53. The monoisotopic (exact) mass is 280 g/mol. The molecule has 1 aromatic rings. The standard InChI is InChI=1S/C11H11F3O3S/c1-16-10(15)7-4-8-2-5-9(6-3-8)17-18-11(12,13)14/h2-3,5-6H,4,7H2,1H3. The Morgan fingerprint density at radius 2 is 1.89 bits per heavy atom. The number of esters is 1. The molecule has 7 heteroatoms. The maximum Gasteiger partial charge on any atom is 0.479 e. The first-order chi connectivity index (χ1) is 8.40. The molecule has 0 amide bonds. The molecule has 0 aliphatic heterocycles. The van der Waals surface area contributed by atoms with Crippen molar-refractivity contribution in [2.75, 3.05) is 7.11 Å². The molecule has 0 radical (unpaired) electrons. The molecule has 0 aliphatic rings. The number of carbonyl (C=O) groups is 1. The van der Waals surface area contributed by atoms with E-state index in [1.54, 1.807) is 12.1 Å². The number of aryl methyl sites for hydroxylation is 1. The van der Waals surface area contributed by atoms with E-state index in [1.165, 1.54) is 19.2 Å². The lowest BCUT2D eigenvalue weighted by Gasteiger charge is -2.07. The van der Waals surface area contributed by atoms with E-state index in [4.69, 9.17) is 0 Å². The van der Waals surface area contributed by atoms with Gasteiger partial charge in [0.25, 0.3) is 0 Å². The molecule has 18 heavy (non-hydrogen) atoms. The van der Waals surface area contributed by atoms with E-state index >= 15 is 0 Å². The van der Waals surface area contributed by atoms with Crippen LogP contribution in [-0.4, -0.2) is 18.6 Å². The lowest BCUT2D eigenvalue weighted by Crippen LogP contribution is -2.03. The van der Waals surface area contributed by atoms with Crippen molar-refractivity contribution in [3.05, 3.63) is 29.8 Å². The van der Waals surface area contributed by atoms with Gasteiger partial charge >= 0.3 is 11.5 Å². The second-order valence-corrected chi connectivity index (χ2v) is 4.13. The maximum atomic E-state index is 11.9. The van der Waals surface area contributed by atoms with Gasteiger partial charge in [0.1, 0.15) is 5.75 Å². The van der Waals surface area contributed by atoms with E-state index in [-0.39, 0.29) is 18.1 Å². The third-order valence-corrected chi connectivity index (χ3v) is 2.47. The van der Waals surface area contributed by atoms with Crippen LogP contribution in [-0.2, 0) is 16.0 Å². The average molecular weight is 280 g/mol. The average Bonchev–Trinajstić information content (AvgIpc) is 2.33. The summed E-state index contributed by atoms with van der Waals surface area (Å²) in [6.07, 6.45) is 0.702. The minimum Gasteiger partial charge on any atom is -0.469 e. The third-order valence-electron chi connectivity index (χ3n) is 2.00. The normalized spacial score (nSPS) is 11.1. The molecule has 0 unspecified atom stereocenters. The van der Waals surface area contributed by atoms with Gasteiger partial charge in [-0.15, -0.1) is 0 Å². The SMILES string of the molecule is COC(=O)CCc1ccc(OSC(F)(F)F)cc1. The highest BCUT2D eigenvalue weighted by atomic mass is 32.2. The van der Waals surface area contributed by atoms with E-state index in [0.29, 0.717) is 6.42 Å². The Hall–Kier alpha value is -1.37. The summed E-state index contributed by atoms with van der Waals surface area (Å²) in [6, 6.07) is 6.06. The van der Waals surface area contributed by atoms with Crippen molar-refractivity contribution in [3.63, 3.8) is 0 Å². The van der Waals surface area contributed by atoms with Gasteiger partial charge in [0.05, 0.1) is 7.11 Å². The van der Waals surface area contributed by atoms with Gasteiger partial charge in [0.15, 0.2) is 12.0 Å². The quantitative estimate of drug-likeness (QED) is 0.612. The number of benzene rings is 1. The highest BCUT2D eigenvalue weighted by molar-refractivity contribution is 7.95. The Labute approximate surface area is 106 Å². The zero-order valence-electron chi connectivity index (χ0n) is 9.49. The van der Waals surface area contributed by atoms with Gasteiger partial charge in [-0.05, 0) is 24.1 Å². The Morgan fingerprint density at radius 1 is 1.28 bits per heavy atom. The predicted molar refractivity (Wildman–Crippen MR) is 61.1 cm³/mol. The second-order valence-electron chi connectivity index (χ2n) is 3.33. The first kappa shape index (κ1) is 14.7. The lowest BCUT2D eigenvalue weighted by atomic mass is 10.1. The number of hydrogen-bond acceptors (Lipinski definition) is 4. The molecule has 1 aromatic carbocycles. The largest absolute Gasteiger partial charge is 0.479 e. The van der Waals surface area contributed by atoms with Gasteiger partial charge in [0.2, 0.25) is 0 Å². The van der Waals surface area contributed by atoms with Crippen LogP contribution in [0.3, 0.4) is 0 Å². The molecular weight excluding hydrogens is 269 g/mol. The van der Waals surface area contributed by atoms with Crippen molar-refractivity contribution in [3.8, 4) is 5.75 Å². The minimum atomic E-state index is -4.43. The van der Waals surface area contributed by atoms with E-state index in [2.05, 4.69) is 8.92 Å². The summed E-state index contributed by atoms with van der Waals surface area (Å²) in [5.41, 5.74) is -3.60. The van der Waals surface area contributed by atoms with Gasteiger partial charge in [0, 0.05) is 6.42 Å². The van der Waals surface area contributed by atoms with Crippen LogP contribution in [0.5, 0.6) is 5.75 Å². The Bertz CT molecular complexity index is 390. The third kappa shape index (κ3) is 5.81. The molecule has 3 nitrogen and oxygen atoms in total. The van der Waals surface area contributed by atoms with Crippen LogP contribution in [0.4, 0.5) is 13.2 Å². The lowest BCUT2D eigenvalue weighted by molar-refractivity contribution is -0.140. The van der Waals surface area contributed by atoms with Crippen molar-refractivity contribution >= 4 is 18.0 Å². The Kier molecular flexibility index (Phi) is 5.33. The smallest absolute Gasteiger partial charge is 0.469 e. The molecule has 0 aliphatic carbocycles. The minimum absolute atomic E-state index is 0.110. The van der Waals surface area contributed by atoms with E-state index in [0.717, 1.165) is 5.56 Å². The topological polar surface area (TPSA) is 35.5 Å². The summed E-state index contributed by atoms with van der Waals surface area (Å²) in [7, 11) is 1.30. The van der Waals surface area contributed by atoms with Crippen LogP contribution >= 0.6 is 12.0 Å². The van der Waals surface area contributed by atoms with Crippen molar-refractivity contribution < 1.29 is 26.9 Å².